The fraction of sp³-hybridized carbons (Fsp3) is 0.267. The Bertz CT molecular complexity index is 1260. The van der Waals surface area contributed by atoms with Crippen LogP contribution in [0.25, 0.3) is 6.08 Å². The van der Waals surface area contributed by atoms with Crippen molar-refractivity contribution < 1.29 is 33.6 Å². The zero-order valence-corrected chi connectivity index (χ0v) is 20.8. The van der Waals surface area contributed by atoms with Crippen LogP contribution in [0.3, 0.4) is 0 Å². The number of benzene rings is 3. The predicted octanol–water partition coefficient (Wildman–Crippen LogP) is 3.67. The van der Waals surface area contributed by atoms with Gasteiger partial charge in [-0.2, -0.15) is 0 Å². The van der Waals surface area contributed by atoms with E-state index in [0.717, 1.165) is 11.1 Å². The summed E-state index contributed by atoms with van der Waals surface area (Å²) in [5.41, 5.74) is 2.25. The van der Waals surface area contributed by atoms with Gasteiger partial charge in [0.05, 0.1) is 6.61 Å². The van der Waals surface area contributed by atoms with Crippen LogP contribution < -0.4 is 10.1 Å². The quantitative estimate of drug-likeness (QED) is 0.366. The van der Waals surface area contributed by atoms with Crippen molar-refractivity contribution in [2.75, 3.05) is 6.61 Å². The van der Waals surface area contributed by atoms with E-state index in [-0.39, 0.29) is 18.3 Å². The molecule has 2 fully saturated rings. The Hall–Kier alpha value is -3.82. The van der Waals surface area contributed by atoms with Gasteiger partial charge < -0.3 is 29.4 Å². The highest BCUT2D eigenvalue weighted by Crippen LogP contribution is 2.34. The van der Waals surface area contributed by atoms with Crippen molar-refractivity contribution in [1.29, 1.82) is 0 Å². The van der Waals surface area contributed by atoms with Crippen LogP contribution in [0.2, 0.25) is 0 Å². The van der Waals surface area contributed by atoms with Crippen LogP contribution in [-0.2, 0) is 19.0 Å². The molecule has 2 N–H and O–H groups in total. The molecular formula is C30H29NO7. The number of nitrogens with one attached hydrogen (secondary N) is 1. The number of aliphatic hydroxyl groups is 1. The number of ether oxygens (including phenoxy) is 4. The maximum Gasteiger partial charge on any atom is 0.223 e. The second-order valence-electron chi connectivity index (χ2n) is 9.19. The average molecular weight is 516 g/mol. The highest BCUT2D eigenvalue weighted by molar-refractivity contribution is 6.06. The molecule has 0 saturated carbocycles. The zero-order valence-electron chi connectivity index (χ0n) is 20.8. The molecule has 0 aromatic heterocycles. The van der Waals surface area contributed by atoms with Gasteiger partial charge in [-0.3, -0.25) is 9.59 Å². The first-order valence-corrected chi connectivity index (χ1v) is 12.4. The Morgan fingerprint density at radius 1 is 0.947 bits per heavy atom. The van der Waals surface area contributed by atoms with Crippen molar-refractivity contribution in [2.24, 2.45) is 0 Å². The topological polar surface area (TPSA) is 103 Å². The molecule has 2 aliphatic rings. The van der Waals surface area contributed by atoms with Crippen LogP contribution in [0.15, 0.2) is 91.0 Å². The molecule has 2 heterocycles. The van der Waals surface area contributed by atoms with Crippen molar-refractivity contribution in [1.82, 2.24) is 5.32 Å². The first-order valence-electron chi connectivity index (χ1n) is 12.4. The van der Waals surface area contributed by atoms with Crippen LogP contribution in [0.5, 0.6) is 5.75 Å². The van der Waals surface area contributed by atoms with Gasteiger partial charge in [-0.1, -0.05) is 78.9 Å². The van der Waals surface area contributed by atoms with Gasteiger partial charge in [0.2, 0.25) is 12.2 Å². The minimum absolute atomic E-state index is 0.0883. The van der Waals surface area contributed by atoms with E-state index in [0.29, 0.717) is 11.3 Å². The molecule has 1 amide bonds. The summed E-state index contributed by atoms with van der Waals surface area (Å²) in [6.07, 6.45) is -0.789. The molecule has 0 spiro atoms. The molecule has 5 rings (SSSR count). The van der Waals surface area contributed by atoms with E-state index < -0.39 is 36.9 Å². The number of amides is 1. The molecule has 2 aliphatic heterocycles. The summed E-state index contributed by atoms with van der Waals surface area (Å²) >= 11 is 0. The van der Waals surface area contributed by atoms with Crippen LogP contribution in [0.4, 0.5) is 0 Å². The van der Waals surface area contributed by atoms with Crippen molar-refractivity contribution in [3.05, 3.63) is 108 Å². The van der Waals surface area contributed by atoms with E-state index in [2.05, 4.69) is 5.32 Å². The Labute approximate surface area is 220 Å². The van der Waals surface area contributed by atoms with E-state index >= 15 is 0 Å². The fourth-order valence-corrected chi connectivity index (χ4v) is 4.52. The molecule has 3 aromatic rings. The first-order chi connectivity index (χ1) is 18.5. The number of fused-ring (bicyclic) bond motifs is 1. The van der Waals surface area contributed by atoms with E-state index in [9.17, 15) is 14.7 Å². The minimum Gasteiger partial charge on any atom is -0.463 e. The lowest BCUT2D eigenvalue weighted by Gasteiger charge is -2.47. The summed E-state index contributed by atoms with van der Waals surface area (Å²) in [5.74, 6) is 0.0527. The van der Waals surface area contributed by atoms with Gasteiger partial charge >= 0.3 is 0 Å². The number of carbonyl (C=O) groups is 2. The molecule has 3 aromatic carbocycles. The molecule has 196 valence electrons. The number of ketones is 1. The standard InChI is InChI=1S/C30H29NO7/c1-19(32)31-26-27(34)28-25(18-35-29(38-28)22-10-6-3-7-11-22)37-30(26)36-23-15-12-20(13-16-23)14-17-24(33)21-8-4-2-5-9-21/h2-17,25-30,34H,18H2,1H3,(H,31,32)/b17-14+. The number of rotatable bonds is 7. The van der Waals surface area contributed by atoms with Crippen molar-refractivity contribution in [3.63, 3.8) is 0 Å². The van der Waals surface area contributed by atoms with Crippen molar-refractivity contribution in [2.45, 2.75) is 43.9 Å². The second kappa shape index (κ2) is 11.7. The maximum absolute atomic E-state index is 12.3. The number of hydrogen-bond donors (Lipinski definition) is 2. The molecule has 8 heteroatoms. The molecule has 0 bridgehead atoms. The number of carbonyl (C=O) groups excluding carboxylic acids is 2. The summed E-state index contributed by atoms with van der Waals surface area (Å²) in [6, 6.07) is 24.7. The van der Waals surface area contributed by atoms with Crippen LogP contribution in [0, 0.1) is 0 Å². The molecule has 8 nitrogen and oxygen atoms in total. The summed E-state index contributed by atoms with van der Waals surface area (Å²) in [4.78, 5) is 24.3. The lowest BCUT2D eigenvalue weighted by Crippen LogP contribution is -2.67. The summed E-state index contributed by atoms with van der Waals surface area (Å²) < 4.78 is 24.1. The van der Waals surface area contributed by atoms with E-state index in [1.807, 2.05) is 48.5 Å². The minimum atomic E-state index is -1.09. The van der Waals surface area contributed by atoms with Gasteiger partial charge in [0.25, 0.3) is 0 Å². The summed E-state index contributed by atoms with van der Waals surface area (Å²) in [6.45, 7) is 1.55. The molecule has 6 atom stereocenters. The normalized spacial score (nSPS) is 26.9. The molecule has 38 heavy (non-hydrogen) atoms. The fourth-order valence-electron chi connectivity index (χ4n) is 4.52. The molecule has 0 aliphatic carbocycles. The number of aliphatic hydroxyl groups excluding tert-OH is 1. The van der Waals surface area contributed by atoms with Gasteiger partial charge in [0, 0.05) is 18.1 Å². The maximum atomic E-state index is 12.3. The molecule has 0 radical (unpaired) electrons. The summed E-state index contributed by atoms with van der Waals surface area (Å²) in [5, 5.41) is 13.9. The van der Waals surface area contributed by atoms with Gasteiger partial charge in [-0.15, -0.1) is 0 Å². The zero-order chi connectivity index (χ0) is 26.5. The highest BCUT2D eigenvalue weighted by atomic mass is 16.7. The largest absolute Gasteiger partial charge is 0.463 e. The molecular weight excluding hydrogens is 486 g/mol. The van der Waals surface area contributed by atoms with Gasteiger partial charge in [-0.05, 0) is 23.8 Å². The van der Waals surface area contributed by atoms with Gasteiger partial charge in [-0.25, -0.2) is 0 Å². The lowest BCUT2D eigenvalue weighted by atomic mass is 9.95. The number of hydrogen-bond acceptors (Lipinski definition) is 7. The SMILES string of the molecule is CC(=O)NC1C(Oc2ccc(/C=C/C(=O)c3ccccc3)cc2)OC2COC(c3ccccc3)OC2C1O. The van der Waals surface area contributed by atoms with Gasteiger partial charge in [0.1, 0.15) is 30.1 Å². The van der Waals surface area contributed by atoms with E-state index in [4.69, 9.17) is 18.9 Å². The Morgan fingerprint density at radius 3 is 2.32 bits per heavy atom. The monoisotopic (exact) mass is 515 g/mol. The lowest BCUT2D eigenvalue weighted by molar-refractivity contribution is -0.333. The average Bonchev–Trinajstić information content (AvgIpc) is 2.95. The smallest absolute Gasteiger partial charge is 0.223 e. The van der Waals surface area contributed by atoms with Crippen LogP contribution >= 0.6 is 0 Å². The third-order valence-electron chi connectivity index (χ3n) is 6.43. The summed E-state index contributed by atoms with van der Waals surface area (Å²) in [7, 11) is 0. The Morgan fingerprint density at radius 2 is 1.63 bits per heavy atom. The first kappa shape index (κ1) is 25.8. The molecule has 2 saturated heterocycles. The molecule has 6 unspecified atom stereocenters. The third-order valence-corrected chi connectivity index (χ3v) is 6.43. The second-order valence-corrected chi connectivity index (χ2v) is 9.19. The number of allylic oxidation sites excluding steroid dienone is 1. The predicted molar refractivity (Wildman–Crippen MR) is 139 cm³/mol. The van der Waals surface area contributed by atoms with E-state index in [1.54, 1.807) is 42.5 Å². The van der Waals surface area contributed by atoms with Crippen LogP contribution in [-0.4, -0.2) is 54.0 Å². The Balaban J connectivity index is 1.26. The van der Waals surface area contributed by atoms with E-state index in [1.165, 1.54) is 13.0 Å². The van der Waals surface area contributed by atoms with Crippen LogP contribution in [0.1, 0.15) is 34.7 Å². The van der Waals surface area contributed by atoms with Crippen molar-refractivity contribution in [3.8, 4) is 5.75 Å². The third kappa shape index (κ3) is 6.00. The van der Waals surface area contributed by atoms with Gasteiger partial charge in [0.15, 0.2) is 12.1 Å². The Kier molecular flexibility index (Phi) is 7.95. The van der Waals surface area contributed by atoms with Crippen molar-refractivity contribution >= 4 is 17.8 Å². The highest BCUT2D eigenvalue weighted by Gasteiger charge is 2.50.